The summed E-state index contributed by atoms with van der Waals surface area (Å²) in [5.41, 5.74) is 1.26. The van der Waals surface area contributed by atoms with Crippen LogP contribution in [0.3, 0.4) is 0 Å². The maximum atomic E-state index is 13.5. The van der Waals surface area contributed by atoms with Gasteiger partial charge in [0.05, 0.1) is 6.54 Å². The second-order valence-corrected chi connectivity index (χ2v) is 5.69. The molecule has 2 aromatic carbocycles. The van der Waals surface area contributed by atoms with E-state index in [-0.39, 0.29) is 36.5 Å². The summed E-state index contributed by atoms with van der Waals surface area (Å²) in [4.78, 5) is 25.1. The Morgan fingerprint density at radius 1 is 1.04 bits per heavy atom. The SMILES string of the molecule is CC(=O)N(CCc1ccc(F)cc1)CC(=O)NCc1ccccc1F. The number of rotatable bonds is 7. The van der Waals surface area contributed by atoms with Gasteiger partial charge in [0.25, 0.3) is 0 Å². The van der Waals surface area contributed by atoms with Crippen molar-refractivity contribution in [1.82, 2.24) is 10.2 Å². The first-order valence-electron chi connectivity index (χ1n) is 7.96. The molecule has 0 spiro atoms. The third-order valence-electron chi connectivity index (χ3n) is 3.80. The van der Waals surface area contributed by atoms with Crippen molar-refractivity contribution >= 4 is 11.8 Å². The van der Waals surface area contributed by atoms with Crippen molar-refractivity contribution in [3.8, 4) is 0 Å². The summed E-state index contributed by atoms with van der Waals surface area (Å²) in [6.07, 6.45) is 0.514. The minimum absolute atomic E-state index is 0.0647. The highest BCUT2D eigenvalue weighted by Gasteiger charge is 2.14. The van der Waals surface area contributed by atoms with Crippen molar-refractivity contribution < 1.29 is 18.4 Å². The number of carbonyl (C=O) groups excluding carboxylic acids is 2. The van der Waals surface area contributed by atoms with Gasteiger partial charge in [-0.1, -0.05) is 30.3 Å². The molecule has 0 aliphatic heterocycles. The smallest absolute Gasteiger partial charge is 0.239 e. The fourth-order valence-corrected chi connectivity index (χ4v) is 2.33. The normalized spacial score (nSPS) is 10.4. The molecule has 0 radical (unpaired) electrons. The second kappa shape index (κ2) is 8.92. The minimum Gasteiger partial charge on any atom is -0.350 e. The molecule has 0 heterocycles. The molecule has 0 atom stereocenters. The number of hydrogen-bond acceptors (Lipinski definition) is 2. The van der Waals surface area contributed by atoms with E-state index in [4.69, 9.17) is 0 Å². The van der Waals surface area contributed by atoms with Gasteiger partial charge >= 0.3 is 0 Å². The van der Waals surface area contributed by atoms with E-state index in [1.807, 2.05) is 0 Å². The Kier molecular flexibility index (Phi) is 6.62. The molecule has 132 valence electrons. The Bertz CT molecular complexity index is 732. The van der Waals surface area contributed by atoms with Gasteiger partial charge in [-0.05, 0) is 30.2 Å². The van der Waals surface area contributed by atoms with Crippen LogP contribution in [0, 0.1) is 11.6 Å². The van der Waals surface area contributed by atoms with Gasteiger partial charge in [-0.15, -0.1) is 0 Å². The molecule has 0 saturated heterocycles. The summed E-state index contributed by atoms with van der Waals surface area (Å²) in [6, 6.07) is 12.2. The van der Waals surface area contributed by atoms with Crippen molar-refractivity contribution in [3.05, 3.63) is 71.3 Å². The van der Waals surface area contributed by atoms with Crippen LogP contribution >= 0.6 is 0 Å². The highest BCUT2D eigenvalue weighted by Crippen LogP contribution is 2.06. The van der Waals surface area contributed by atoms with Crippen molar-refractivity contribution in [2.24, 2.45) is 0 Å². The molecule has 2 amide bonds. The number of carbonyl (C=O) groups is 2. The highest BCUT2D eigenvalue weighted by molar-refractivity contribution is 5.83. The average molecular weight is 346 g/mol. The van der Waals surface area contributed by atoms with Crippen LogP contribution in [0.15, 0.2) is 48.5 Å². The molecular weight excluding hydrogens is 326 g/mol. The van der Waals surface area contributed by atoms with Crippen LogP contribution in [0.2, 0.25) is 0 Å². The molecule has 6 heteroatoms. The van der Waals surface area contributed by atoms with E-state index in [0.29, 0.717) is 18.5 Å². The molecule has 0 bridgehead atoms. The Balaban J connectivity index is 1.85. The summed E-state index contributed by atoms with van der Waals surface area (Å²) < 4.78 is 26.4. The lowest BCUT2D eigenvalue weighted by Gasteiger charge is -2.20. The van der Waals surface area contributed by atoms with Gasteiger partial charge in [0.1, 0.15) is 11.6 Å². The van der Waals surface area contributed by atoms with Gasteiger partial charge in [-0.3, -0.25) is 9.59 Å². The van der Waals surface area contributed by atoms with Gasteiger partial charge in [-0.2, -0.15) is 0 Å². The molecule has 4 nitrogen and oxygen atoms in total. The number of halogens is 2. The molecule has 25 heavy (non-hydrogen) atoms. The number of hydrogen-bond donors (Lipinski definition) is 1. The minimum atomic E-state index is -0.387. The van der Waals surface area contributed by atoms with Crippen LogP contribution in [-0.2, 0) is 22.6 Å². The summed E-state index contributed by atoms with van der Waals surface area (Å²) in [5.74, 6) is -1.30. The van der Waals surface area contributed by atoms with Gasteiger partial charge in [0, 0.05) is 25.6 Å². The maximum absolute atomic E-state index is 13.5. The van der Waals surface area contributed by atoms with Gasteiger partial charge in [0.2, 0.25) is 11.8 Å². The second-order valence-electron chi connectivity index (χ2n) is 5.69. The molecule has 2 aromatic rings. The topological polar surface area (TPSA) is 49.4 Å². The molecule has 0 aliphatic carbocycles. The van der Waals surface area contributed by atoms with Crippen LogP contribution < -0.4 is 5.32 Å². The van der Waals surface area contributed by atoms with Crippen LogP contribution in [-0.4, -0.2) is 29.8 Å². The van der Waals surface area contributed by atoms with Crippen LogP contribution in [0.25, 0.3) is 0 Å². The van der Waals surface area contributed by atoms with Crippen molar-refractivity contribution in [3.63, 3.8) is 0 Å². The van der Waals surface area contributed by atoms with Gasteiger partial charge in [0.15, 0.2) is 0 Å². The van der Waals surface area contributed by atoms with Crippen molar-refractivity contribution in [2.75, 3.05) is 13.1 Å². The molecule has 2 rings (SSSR count). The molecule has 1 N–H and O–H groups in total. The lowest BCUT2D eigenvalue weighted by atomic mass is 10.1. The van der Waals surface area contributed by atoms with Crippen molar-refractivity contribution in [2.45, 2.75) is 19.9 Å². The Morgan fingerprint density at radius 3 is 2.36 bits per heavy atom. The molecular formula is C19H20F2N2O2. The lowest BCUT2D eigenvalue weighted by Crippen LogP contribution is -2.40. The summed E-state index contributed by atoms with van der Waals surface area (Å²) >= 11 is 0. The summed E-state index contributed by atoms with van der Waals surface area (Å²) in [5, 5.41) is 2.61. The predicted octanol–water partition coefficient (Wildman–Crippen LogP) is 2.67. The zero-order valence-corrected chi connectivity index (χ0v) is 14.0. The van der Waals surface area contributed by atoms with Crippen LogP contribution in [0.4, 0.5) is 8.78 Å². The Labute approximate surface area is 145 Å². The quantitative estimate of drug-likeness (QED) is 0.838. The van der Waals surface area contributed by atoms with E-state index in [1.165, 1.54) is 30.0 Å². The fraction of sp³-hybridized carbons (Fsp3) is 0.263. The average Bonchev–Trinajstić information content (AvgIpc) is 2.59. The first-order valence-corrected chi connectivity index (χ1v) is 7.96. The van der Waals surface area contributed by atoms with E-state index in [2.05, 4.69) is 5.32 Å². The van der Waals surface area contributed by atoms with Gasteiger partial charge in [-0.25, -0.2) is 8.78 Å². The Hall–Kier alpha value is -2.76. The monoisotopic (exact) mass is 346 g/mol. The first kappa shape index (κ1) is 18.6. The zero-order valence-electron chi connectivity index (χ0n) is 14.0. The van der Waals surface area contributed by atoms with E-state index < -0.39 is 0 Å². The number of nitrogens with zero attached hydrogens (tertiary/aromatic N) is 1. The predicted molar refractivity (Wildman–Crippen MR) is 90.6 cm³/mol. The summed E-state index contributed by atoms with van der Waals surface area (Å²) in [6.45, 7) is 1.68. The number of benzene rings is 2. The Morgan fingerprint density at radius 2 is 1.72 bits per heavy atom. The maximum Gasteiger partial charge on any atom is 0.239 e. The highest BCUT2D eigenvalue weighted by atomic mass is 19.1. The molecule has 0 aliphatic rings. The van der Waals surface area contributed by atoms with E-state index in [9.17, 15) is 18.4 Å². The molecule has 0 unspecified atom stereocenters. The molecule has 0 aromatic heterocycles. The van der Waals surface area contributed by atoms with E-state index in [0.717, 1.165) is 5.56 Å². The largest absolute Gasteiger partial charge is 0.350 e. The third kappa shape index (κ3) is 5.99. The zero-order chi connectivity index (χ0) is 18.2. The fourth-order valence-electron chi connectivity index (χ4n) is 2.33. The van der Waals surface area contributed by atoms with Crippen molar-refractivity contribution in [1.29, 1.82) is 0 Å². The van der Waals surface area contributed by atoms with Crippen LogP contribution in [0.1, 0.15) is 18.1 Å². The molecule has 0 fully saturated rings. The number of nitrogens with one attached hydrogen (secondary N) is 1. The van der Waals surface area contributed by atoms with E-state index in [1.54, 1.807) is 30.3 Å². The first-order chi connectivity index (χ1) is 12.0. The third-order valence-corrected chi connectivity index (χ3v) is 3.80. The summed E-state index contributed by atoms with van der Waals surface area (Å²) in [7, 11) is 0. The molecule has 0 saturated carbocycles. The van der Waals surface area contributed by atoms with E-state index >= 15 is 0 Å². The standard InChI is InChI=1S/C19H20F2N2O2/c1-14(24)23(11-10-15-6-8-17(20)9-7-15)13-19(25)22-12-16-4-2-3-5-18(16)21/h2-9H,10-13H2,1H3,(H,22,25). The number of amides is 2. The van der Waals surface area contributed by atoms with Gasteiger partial charge < -0.3 is 10.2 Å². The van der Waals surface area contributed by atoms with Crippen LogP contribution in [0.5, 0.6) is 0 Å². The lowest BCUT2D eigenvalue weighted by molar-refractivity contribution is -0.134.